The van der Waals surface area contributed by atoms with E-state index in [2.05, 4.69) is 9.88 Å². The zero-order chi connectivity index (χ0) is 14.3. The first-order chi connectivity index (χ1) is 9.54. The maximum Gasteiger partial charge on any atom is 0.180 e. The van der Waals surface area contributed by atoms with Crippen LogP contribution < -0.4 is 5.73 Å². The first-order valence-corrected chi connectivity index (χ1v) is 7.28. The molecule has 2 heterocycles. The van der Waals surface area contributed by atoms with Crippen LogP contribution in [0.3, 0.4) is 0 Å². The van der Waals surface area contributed by atoms with Crippen molar-refractivity contribution in [2.75, 3.05) is 12.3 Å². The maximum atomic E-state index is 13.8. The Labute approximate surface area is 132 Å². The van der Waals surface area contributed by atoms with Gasteiger partial charge >= 0.3 is 0 Å². The van der Waals surface area contributed by atoms with Crippen molar-refractivity contribution in [1.29, 1.82) is 0 Å². The summed E-state index contributed by atoms with van der Waals surface area (Å²) in [6.07, 6.45) is 2.36. The number of anilines is 1. The average Bonchev–Trinajstić information content (AvgIpc) is 2.79. The van der Waals surface area contributed by atoms with E-state index in [0.717, 1.165) is 23.1 Å². The van der Waals surface area contributed by atoms with Gasteiger partial charge in [-0.15, -0.1) is 23.7 Å². The van der Waals surface area contributed by atoms with E-state index in [1.54, 1.807) is 6.20 Å². The van der Waals surface area contributed by atoms with Gasteiger partial charge in [0.2, 0.25) is 0 Å². The van der Waals surface area contributed by atoms with Crippen LogP contribution in [0.5, 0.6) is 0 Å². The van der Waals surface area contributed by atoms with Gasteiger partial charge in [0.1, 0.15) is 11.6 Å². The van der Waals surface area contributed by atoms with Crippen LogP contribution in [0, 0.1) is 11.6 Å². The second kappa shape index (κ2) is 6.25. The Morgan fingerprint density at radius 1 is 1.43 bits per heavy atom. The van der Waals surface area contributed by atoms with Gasteiger partial charge in [-0.2, -0.15) is 0 Å². The molecular weight excluding hydrogens is 316 g/mol. The van der Waals surface area contributed by atoms with Gasteiger partial charge in [0.25, 0.3) is 0 Å². The first kappa shape index (κ1) is 16.1. The standard InChI is InChI=1S/C14H15F2N3S.ClH/c1-8-12-4-9(15)5-13(16)11(12)2-3-19(8)7-10-6-18-14(17)20-10;/h4-6,8H,2-3,7H2,1H3,(H2,17,18);1H. The molecule has 1 aromatic carbocycles. The summed E-state index contributed by atoms with van der Waals surface area (Å²) in [7, 11) is 0. The zero-order valence-electron chi connectivity index (χ0n) is 11.5. The van der Waals surface area contributed by atoms with Crippen LogP contribution in [0.4, 0.5) is 13.9 Å². The van der Waals surface area contributed by atoms with E-state index in [1.165, 1.54) is 17.4 Å². The molecule has 2 N–H and O–H groups in total. The van der Waals surface area contributed by atoms with Crippen LogP contribution >= 0.6 is 23.7 Å². The lowest BCUT2D eigenvalue weighted by molar-refractivity contribution is 0.189. The van der Waals surface area contributed by atoms with Crippen LogP contribution in [-0.4, -0.2) is 16.4 Å². The minimum atomic E-state index is -0.517. The largest absolute Gasteiger partial charge is 0.375 e. The van der Waals surface area contributed by atoms with E-state index in [-0.39, 0.29) is 18.4 Å². The molecule has 0 amide bonds. The van der Waals surface area contributed by atoms with Crippen molar-refractivity contribution in [3.63, 3.8) is 0 Å². The number of benzene rings is 1. The molecular formula is C14H16ClF2N3S. The van der Waals surface area contributed by atoms with Crippen LogP contribution in [0.25, 0.3) is 0 Å². The minimum Gasteiger partial charge on any atom is -0.375 e. The average molecular weight is 332 g/mol. The molecule has 1 atom stereocenters. The highest BCUT2D eigenvalue weighted by molar-refractivity contribution is 7.15. The minimum absolute atomic E-state index is 0. The number of rotatable bonds is 2. The SMILES string of the molecule is CC1c2cc(F)cc(F)c2CCN1Cc1cnc(N)s1.Cl. The first-order valence-electron chi connectivity index (χ1n) is 6.46. The van der Waals surface area contributed by atoms with Crippen LogP contribution in [0.15, 0.2) is 18.3 Å². The molecule has 0 radical (unpaired) electrons. The van der Waals surface area contributed by atoms with Crippen LogP contribution in [-0.2, 0) is 13.0 Å². The lowest BCUT2D eigenvalue weighted by Crippen LogP contribution is -2.33. The highest BCUT2D eigenvalue weighted by atomic mass is 35.5. The van der Waals surface area contributed by atoms with Crippen LogP contribution in [0.2, 0.25) is 0 Å². The van der Waals surface area contributed by atoms with E-state index >= 15 is 0 Å². The normalized spacial score (nSPS) is 18.1. The number of aromatic nitrogens is 1. The second-order valence-corrected chi connectivity index (χ2v) is 6.16. The molecule has 3 nitrogen and oxygen atoms in total. The van der Waals surface area contributed by atoms with Gasteiger partial charge in [0.05, 0.1) is 0 Å². The molecule has 0 aliphatic carbocycles. The second-order valence-electron chi connectivity index (χ2n) is 5.02. The molecule has 21 heavy (non-hydrogen) atoms. The molecule has 1 aliphatic heterocycles. The van der Waals surface area contributed by atoms with Gasteiger partial charge in [-0.05, 0) is 30.5 Å². The molecule has 0 saturated heterocycles. The molecule has 1 aliphatic rings. The Hall–Kier alpha value is -1.24. The molecule has 0 fully saturated rings. The number of nitrogen functional groups attached to an aromatic ring is 1. The molecule has 3 rings (SSSR count). The molecule has 7 heteroatoms. The molecule has 1 unspecified atom stereocenters. The van der Waals surface area contributed by atoms with Gasteiger partial charge < -0.3 is 5.73 Å². The molecule has 0 bridgehead atoms. The summed E-state index contributed by atoms with van der Waals surface area (Å²) in [5.41, 5.74) is 7.00. The summed E-state index contributed by atoms with van der Waals surface area (Å²) in [5, 5.41) is 0.544. The van der Waals surface area contributed by atoms with Crippen molar-refractivity contribution in [2.24, 2.45) is 0 Å². The predicted molar refractivity (Wildman–Crippen MR) is 82.7 cm³/mol. The third kappa shape index (κ3) is 3.17. The zero-order valence-corrected chi connectivity index (χ0v) is 13.1. The molecule has 1 aromatic heterocycles. The van der Waals surface area contributed by atoms with Gasteiger partial charge in [0, 0.05) is 36.3 Å². The Morgan fingerprint density at radius 2 is 2.19 bits per heavy atom. The highest BCUT2D eigenvalue weighted by Gasteiger charge is 2.27. The third-order valence-corrected chi connectivity index (χ3v) is 4.58. The van der Waals surface area contributed by atoms with Crippen molar-refractivity contribution >= 4 is 28.9 Å². The Morgan fingerprint density at radius 3 is 2.86 bits per heavy atom. The maximum absolute atomic E-state index is 13.8. The number of hydrogen-bond acceptors (Lipinski definition) is 4. The van der Waals surface area contributed by atoms with E-state index in [9.17, 15) is 8.78 Å². The Kier molecular flexibility index (Phi) is 4.81. The van der Waals surface area contributed by atoms with Crippen molar-refractivity contribution in [2.45, 2.75) is 25.9 Å². The number of hydrogen-bond donors (Lipinski definition) is 1. The fourth-order valence-electron chi connectivity index (χ4n) is 2.72. The number of fused-ring (bicyclic) bond motifs is 1. The summed E-state index contributed by atoms with van der Waals surface area (Å²) in [5.74, 6) is -0.953. The summed E-state index contributed by atoms with van der Waals surface area (Å²) in [6.45, 7) is 3.42. The third-order valence-electron chi connectivity index (χ3n) is 3.77. The van der Waals surface area contributed by atoms with Crippen molar-refractivity contribution in [1.82, 2.24) is 9.88 Å². The van der Waals surface area contributed by atoms with Gasteiger partial charge in [-0.25, -0.2) is 13.8 Å². The molecule has 114 valence electrons. The van der Waals surface area contributed by atoms with E-state index in [4.69, 9.17) is 5.73 Å². The predicted octanol–water partition coefficient (Wildman–Crippen LogP) is 3.54. The summed E-state index contributed by atoms with van der Waals surface area (Å²) in [4.78, 5) is 7.28. The lowest BCUT2D eigenvalue weighted by Gasteiger charge is -2.35. The van der Waals surface area contributed by atoms with E-state index in [0.29, 0.717) is 23.7 Å². The summed E-state index contributed by atoms with van der Waals surface area (Å²) in [6, 6.07) is 2.38. The number of nitrogens with zero attached hydrogens (tertiary/aromatic N) is 2. The van der Waals surface area contributed by atoms with Gasteiger partial charge in [-0.1, -0.05) is 0 Å². The van der Waals surface area contributed by atoms with Crippen molar-refractivity contribution in [3.05, 3.63) is 46.0 Å². The van der Waals surface area contributed by atoms with Crippen molar-refractivity contribution in [3.8, 4) is 0 Å². The van der Waals surface area contributed by atoms with Crippen molar-refractivity contribution < 1.29 is 8.78 Å². The summed E-state index contributed by atoms with van der Waals surface area (Å²) < 4.78 is 27.2. The number of thiazole rings is 1. The smallest absolute Gasteiger partial charge is 0.180 e. The van der Waals surface area contributed by atoms with E-state index < -0.39 is 11.6 Å². The Balaban J connectivity index is 0.00000161. The topological polar surface area (TPSA) is 42.2 Å². The lowest BCUT2D eigenvalue weighted by atomic mass is 9.93. The fraction of sp³-hybridized carbons (Fsp3) is 0.357. The van der Waals surface area contributed by atoms with Crippen LogP contribution in [0.1, 0.15) is 29.0 Å². The molecule has 0 saturated carbocycles. The molecule has 2 aromatic rings. The van der Waals surface area contributed by atoms with Gasteiger partial charge in [-0.3, -0.25) is 4.90 Å². The molecule has 0 spiro atoms. The monoisotopic (exact) mass is 331 g/mol. The number of nitrogens with two attached hydrogens (primary N) is 1. The highest BCUT2D eigenvalue weighted by Crippen LogP contribution is 2.33. The van der Waals surface area contributed by atoms with Gasteiger partial charge in [0.15, 0.2) is 5.13 Å². The quantitative estimate of drug-likeness (QED) is 0.915. The number of halogens is 3. The van der Waals surface area contributed by atoms with E-state index in [1.807, 2.05) is 6.92 Å². The summed E-state index contributed by atoms with van der Waals surface area (Å²) >= 11 is 1.45. The fourth-order valence-corrected chi connectivity index (χ4v) is 3.43. The Bertz CT molecular complexity index is 647.